The predicted octanol–water partition coefficient (Wildman–Crippen LogP) is 9.84. The summed E-state index contributed by atoms with van der Waals surface area (Å²) in [7, 11) is -5.92. The number of hydrogen-bond donors (Lipinski definition) is 0. The number of fused-ring (bicyclic) bond motifs is 3. The van der Waals surface area contributed by atoms with E-state index in [9.17, 15) is 13.2 Å². The first-order chi connectivity index (χ1) is 22.5. The van der Waals surface area contributed by atoms with Crippen molar-refractivity contribution in [1.29, 1.82) is 0 Å². The Morgan fingerprint density at radius 3 is 2.04 bits per heavy atom. The van der Waals surface area contributed by atoms with Crippen LogP contribution in [0.1, 0.15) is 92.1 Å². The molecular formula is C36H55ClN4O5SSi2. The number of ether oxygens (including phenoxy) is 1. The van der Waals surface area contributed by atoms with E-state index in [0.29, 0.717) is 29.0 Å². The Balaban J connectivity index is 0.000000603. The minimum absolute atomic E-state index is 0.0223. The Morgan fingerprint density at radius 1 is 0.959 bits per heavy atom. The third kappa shape index (κ3) is 8.19. The molecule has 9 nitrogen and oxygen atoms in total. The number of pyridine rings is 1. The van der Waals surface area contributed by atoms with Crippen LogP contribution in [0.15, 0.2) is 53.7 Å². The van der Waals surface area contributed by atoms with Crippen LogP contribution in [0.4, 0.5) is 0 Å². The van der Waals surface area contributed by atoms with Crippen molar-refractivity contribution in [2.75, 3.05) is 7.11 Å². The number of carbonyl (C=O) groups is 1. The van der Waals surface area contributed by atoms with E-state index in [1.54, 1.807) is 42.7 Å². The highest BCUT2D eigenvalue weighted by Crippen LogP contribution is 2.43. The van der Waals surface area contributed by atoms with Gasteiger partial charge in [-0.25, -0.2) is 22.4 Å². The average molecular weight is 748 g/mol. The molecule has 5 rings (SSSR count). The van der Waals surface area contributed by atoms with Gasteiger partial charge >= 0.3 is 5.97 Å². The molecule has 0 N–H and O–H groups in total. The van der Waals surface area contributed by atoms with Gasteiger partial charge in [0, 0.05) is 17.6 Å². The number of esters is 1. The van der Waals surface area contributed by atoms with E-state index in [1.165, 1.54) is 11.1 Å². The van der Waals surface area contributed by atoms with Gasteiger partial charge in [-0.15, -0.1) is 0 Å². The summed E-state index contributed by atoms with van der Waals surface area (Å²) in [4.78, 5) is 22.1. The summed E-state index contributed by atoms with van der Waals surface area (Å²) in [5, 5.41) is 1.08. The van der Waals surface area contributed by atoms with Crippen LogP contribution >= 0.6 is 11.1 Å². The minimum Gasteiger partial charge on any atom is -0.469 e. The van der Waals surface area contributed by atoms with E-state index < -0.39 is 25.7 Å². The molecule has 0 bridgehead atoms. The number of benzene rings is 1. The van der Waals surface area contributed by atoms with Crippen molar-refractivity contribution in [2.24, 2.45) is 5.92 Å². The van der Waals surface area contributed by atoms with Gasteiger partial charge in [0.1, 0.15) is 17.4 Å². The van der Waals surface area contributed by atoms with Crippen LogP contribution < -0.4 is 0 Å². The van der Waals surface area contributed by atoms with Crippen LogP contribution in [0.2, 0.25) is 36.3 Å². The van der Waals surface area contributed by atoms with Crippen LogP contribution in [0.5, 0.6) is 0 Å². The largest absolute Gasteiger partial charge is 0.469 e. The highest BCUT2D eigenvalue weighted by atomic mass is 35.6. The molecule has 3 aromatic heterocycles. The molecule has 3 heterocycles. The molecule has 1 saturated carbocycles. The number of carbonyl (C=O) groups excluding carboxylic acids is 1. The number of halogens is 1. The molecule has 0 saturated heterocycles. The Bertz CT molecular complexity index is 1870. The minimum atomic E-state index is -3.84. The lowest BCUT2D eigenvalue weighted by Crippen LogP contribution is -2.41. The molecule has 270 valence electrons. The molecule has 0 aliphatic heterocycles. The molecular weight excluding hydrogens is 692 g/mol. The lowest BCUT2D eigenvalue weighted by atomic mass is 9.85. The Morgan fingerprint density at radius 2 is 1.53 bits per heavy atom. The molecule has 13 heteroatoms. The Labute approximate surface area is 299 Å². The van der Waals surface area contributed by atoms with Crippen molar-refractivity contribution in [3.63, 3.8) is 0 Å². The molecule has 0 spiro atoms. The summed E-state index contributed by atoms with van der Waals surface area (Å²) in [6.45, 7) is 24.1. The van der Waals surface area contributed by atoms with Gasteiger partial charge in [0.15, 0.2) is 21.3 Å². The molecule has 1 aromatic carbocycles. The molecule has 0 unspecified atom stereocenters. The molecule has 4 aromatic rings. The first-order valence-electron chi connectivity index (χ1n) is 17.1. The lowest BCUT2D eigenvalue weighted by Gasteiger charge is -2.39. The maximum absolute atomic E-state index is 13.6. The maximum Gasteiger partial charge on any atom is 0.308 e. The van der Waals surface area contributed by atoms with E-state index in [4.69, 9.17) is 25.2 Å². The average Bonchev–Trinajstić information content (AvgIpc) is 3.62. The number of imidazole rings is 1. The van der Waals surface area contributed by atoms with Crippen LogP contribution in [-0.4, -0.2) is 55.7 Å². The summed E-state index contributed by atoms with van der Waals surface area (Å²) < 4.78 is 42.5. The van der Waals surface area contributed by atoms with Crippen molar-refractivity contribution in [3.05, 3.63) is 54.6 Å². The standard InChI is InChI=1S/C30H40N4O5SSi.C6H15ClSi/c1-20(39-41(6,7)30(2,3)4)27-32-25-19-31-28-24(17-18-33(28)40(36,37)23-11-9-8-10-12-23)26(25)34(27)22-15-13-21(14-16-22)29(35)38-5;1-6(2,3)8(4,5)7/h8-12,17-22H,13-16H2,1-7H3;1-5H3/t20-,21?,22?;/m1./s1. The predicted molar refractivity (Wildman–Crippen MR) is 205 cm³/mol. The second-order valence-electron chi connectivity index (χ2n) is 16.3. The van der Waals surface area contributed by atoms with E-state index in [2.05, 4.69) is 77.3 Å². The summed E-state index contributed by atoms with van der Waals surface area (Å²) in [6, 6.07) is 10.3. The number of rotatable bonds is 7. The van der Waals surface area contributed by atoms with Gasteiger partial charge in [0.25, 0.3) is 10.0 Å². The number of methoxy groups -OCH3 is 1. The van der Waals surface area contributed by atoms with Crippen molar-refractivity contribution >= 4 is 64.8 Å². The zero-order valence-corrected chi connectivity index (χ0v) is 34.9. The normalized spacial score (nSPS) is 18.6. The van der Waals surface area contributed by atoms with Gasteiger partial charge in [-0.05, 0) is 74.0 Å². The van der Waals surface area contributed by atoms with Crippen molar-refractivity contribution < 1.29 is 22.4 Å². The second kappa shape index (κ2) is 14.2. The third-order valence-electron chi connectivity index (χ3n) is 10.7. The van der Waals surface area contributed by atoms with Gasteiger partial charge in [0.2, 0.25) is 0 Å². The summed E-state index contributed by atoms with van der Waals surface area (Å²) in [5.74, 6) is 0.525. The Hall–Kier alpha value is -2.52. The van der Waals surface area contributed by atoms with Crippen LogP contribution in [0, 0.1) is 5.92 Å². The summed E-state index contributed by atoms with van der Waals surface area (Å²) in [6.07, 6.45) is 5.92. The number of aromatic nitrogens is 4. The van der Waals surface area contributed by atoms with Crippen LogP contribution in [-0.2, 0) is 24.0 Å². The van der Waals surface area contributed by atoms with E-state index >= 15 is 0 Å². The van der Waals surface area contributed by atoms with E-state index in [-0.39, 0.29) is 34.0 Å². The molecule has 0 amide bonds. The van der Waals surface area contributed by atoms with Gasteiger partial charge in [-0.2, -0.15) is 11.1 Å². The molecule has 1 fully saturated rings. The van der Waals surface area contributed by atoms with Crippen LogP contribution in [0.3, 0.4) is 0 Å². The topological polar surface area (TPSA) is 105 Å². The Kier molecular flexibility index (Phi) is 11.4. The van der Waals surface area contributed by atoms with Gasteiger partial charge in [0.05, 0.1) is 29.6 Å². The lowest BCUT2D eigenvalue weighted by molar-refractivity contribution is -0.146. The number of nitrogens with zero attached hydrogens (tertiary/aromatic N) is 4. The molecule has 1 atom stereocenters. The van der Waals surface area contributed by atoms with Crippen molar-refractivity contribution in [3.8, 4) is 0 Å². The first-order valence-corrected chi connectivity index (χ1v) is 25.5. The maximum atomic E-state index is 13.6. The SMILES string of the molecule is CC(C)(C)[Si](C)(C)Cl.COC(=O)C1CCC(n2c([C@@H](C)O[Si](C)(C)C(C)(C)C)nc3cnc4c(ccn4S(=O)(=O)c4ccccc4)c32)CC1. The van der Waals surface area contributed by atoms with E-state index in [0.717, 1.165) is 29.6 Å². The first kappa shape index (κ1) is 39.3. The zero-order valence-electron chi connectivity index (χ0n) is 31.3. The zero-order chi connectivity index (χ0) is 36.7. The fourth-order valence-corrected chi connectivity index (χ4v) is 8.30. The highest BCUT2D eigenvalue weighted by molar-refractivity contribution is 7.90. The quantitative estimate of drug-likeness (QED) is 0.105. The highest BCUT2D eigenvalue weighted by Gasteiger charge is 2.40. The van der Waals surface area contributed by atoms with Crippen molar-refractivity contribution in [1.82, 2.24) is 18.5 Å². The van der Waals surface area contributed by atoms with Crippen molar-refractivity contribution in [2.45, 2.75) is 127 Å². The molecule has 1 aliphatic carbocycles. The van der Waals surface area contributed by atoms with E-state index in [1.807, 2.05) is 13.0 Å². The fraction of sp³-hybridized carbons (Fsp3) is 0.583. The van der Waals surface area contributed by atoms with Gasteiger partial charge in [-0.3, -0.25) is 4.79 Å². The molecule has 0 radical (unpaired) electrons. The monoisotopic (exact) mass is 746 g/mol. The molecule has 49 heavy (non-hydrogen) atoms. The smallest absolute Gasteiger partial charge is 0.308 e. The second-order valence-corrected chi connectivity index (χ2v) is 30.1. The number of hydrogen-bond acceptors (Lipinski definition) is 7. The fourth-order valence-electron chi connectivity index (χ4n) is 5.63. The third-order valence-corrected chi connectivity index (χ3v) is 22.2. The van der Waals surface area contributed by atoms with Crippen LogP contribution in [0.25, 0.3) is 22.1 Å². The van der Waals surface area contributed by atoms with Gasteiger partial charge in [-0.1, -0.05) is 72.8 Å². The summed E-state index contributed by atoms with van der Waals surface area (Å²) in [5.41, 5.74) is 1.90. The molecule has 1 aliphatic rings. The summed E-state index contributed by atoms with van der Waals surface area (Å²) >= 11 is 6.15. The van der Waals surface area contributed by atoms with Gasteiger partial charge < -0.3 is 13.7 Å².